The molecular weight excluding hydrogens is 344 g/mol. The number of carbonyl (C=O) groups excluding carboxylic acids is 1. The van der Waals surface area contributed by atoms with Crippen molar-refractivity contribution in [1.29, 1.82) is 0 Å². The fourth-order valence-corrected chi connectivity index (χ4v) is 3.75. The molecule has 0 saturated carbocycles. The van der Waals surface area contributed by atoms with Crippen LogP contribution in [0.15, 0.2) is 78.9 Å². The number of benzene rings is 3. The van der Waals surface area contributed by atoms with E-state index in [4.69, 9.17) is 0 Å². The molecule has 0 aromatic heterocycles. The average Bonchev–Trinajstić information content (AvgIpc) is 3.29. The molecular formula is C25H26N2O. The summed E-state index contributed by atoms with van der Waals surface area (Å²) in [5.41, 5.74) is 5.58. The first-order chi connectivity index (χ1) is 13.7. The van der Waals surface area contributed by atoms with Gasteiger partial charge in [0.1, 0.15) is 0 Å². The molecule has 3 aromatic rings. The highest BCUT2D eigenvalue weighted by atomic mass is 16.2. The maximum absolute atomic E-state index is 12.7. The van der Waals surface area contributed by atoms with Gasteiger partial charge in [0, 0.05) is 31.5 Å². The zero-order valence-corrected chi connectivity index (χ0v) is 16.3. The lowest BCUT2D eigenvalue weighted by Gasteiger charge is -2.21. The molecule has 1 amide bonds. The van der Waals surface area contributed by atoms with Crippen LogP contribution in [-0.4, -0.2) is 26.0 Å². The molecule has 28 heavy (non-hydrogen) atoms. The van der Waals surface area contributed by atoms with E-state index in [0.29, 0.717) is 6.42 Å². The molecule has 4 rings (SSSR count). The van der Waals surface area contributed by atoms with Gasteiger partial charge < -0.3 is 9.80 Å². The number of carbonyl (C=O) groups is 1. The van der Waals surface area contributed by atoms with Gasteiger partial charge in [-0.2, -0.15) is 0 Å². The van der Waals surface area contributed by atoms with Gasteiger partial charge in [-0.1, -0.05) is 54.6 Å². The summed E-state index contributed by atoms with van der Waals surface area (Å²) >= 11 is 0. The molecule has 0 atom stereocenters. The number of hydrogen-bond donors (Lipinski definition) is 0. The first-order valence-electron chi connectivity index (χ1n) is 9.97. The Bertz CT molecular complexity index is 911. The molecule has 3 heteroatoms. The van der Waals surface area contributed by atoms with Crippen LogP contribution in [0.5, 0.6) is 0 Å². The lowest BCUT2D eigenvalue weighted by Crippen LogP contribution is -2.28. The standard InChI is InChI=1S/C25H26N2O/c1-26(23-13-15-24(16-14-23)27-17-5-6-18-27)25(28)19-20-9-11-22(12-10-20)21-7-3-2-4-8-21/h2-4,7-16H,5-6,17-19H2,1H3. The third-order valence-electron chi connectivity index (χ3n) is 5.50. The van der Waals surface area contributed by atoms with Crippen molar-refractivity contribution < 1.29 is 4.79 Å². The van der Waals surface area contributed by atoms with Crippen molar-refractivity contribution >= 4 is 17.3 Å². The molecule has 0 unspecified atom stereocenters. The van der Waals surface area contributed by atoms with Crippen LogP contribution in [0.25, 0.3) is 11.1 Å². The van der Waals surface area contributed by atoms with Crippen molar-refractivity contribution in [2.45, 2.75) is 19.3 Å². The van der Waals surface area contributed by atoms with Gasteiger partial charge in [0.25, 0.3) is 0 Å². The molecule has 1 aliphatic rings. The summed E-state index contributed by atoms with van der Waals surface area (Å²) in [4.78, 5) is 16.9. The van der Waals surface area contributed by atoms with Gasteiger partial charge in [-0.05, 0) is 53.8 Å². The summed E-state index contributed by atoms with van der Waals surface area (Å²) < 4.78 is 0. The normalized spacial score (nSPS) is 13.5. The Morgan fingerprint density at radius 1 is 0.821 bits per heavy atom. The quantitative estimate of drug-likeness (QED) is 0.619. The van der Waals surface area contributed by atoms with Crippen molar-refractivity contribution in [3.63, 3.8) is 0 Å². The van der Waals surface area contributed by atoms with Crippen LogP contribution >= 0.6 is 0 Å². The van der Waals surface area contributed by atoms with Gasteiger partial charge in [-0.25, -0.2) is 0 Å². The topological polar surface area (TPSA) is 23.6 Å². The fourth-order valence-electron chi connectivity index (χ4n) is 3.75. The van der Waals surface area contributed by atoms with Gasteiger partial charge in [-0.3, -0.25) is 4.79 Å². The summed E-state index contributed by atoms with van der Waals surface area (Å²) in [6.45, 7) is 2.26. The van der Waals surface area contributed by atoms with Crippen LogP contribution in [0, 0.1) is 0 Å². The Hall–Kier alpha value is -3.07. The largest absolute Gasteiger partial charge is 0.372 e. The molecule has 142 valence electrons. The van der Waals surface area contributed by atoms with Crippen LogP contribution in [0.2, 0.25) is 0 Å². The Balaban J connectivity index is 1.40. The smallest absolute Gasteiger partial charge is 0.231 e. The van der Waals surface area contributed by atoms with Gasteiger partial charge >= 0.3 is 0 Å². The average molecular weight is 370 g/mol. The minimum absolute atomic E-state index is 0.0985. The second-order valence-electron chi connectivity index (χ2n) is 7.40. The summed E-state index contributed by atoms with van der Waals surface area (Å²) in [7, 11) is 1.85. The van der Waals surface area contributed by atoms with E-state index in [-0.39, 0.29) is 5.91 Å². The maximum atomic E-state index is 12.7. The predicted octanol–water partition coefficient (Wildman–Crippen LogP) is 5.16. The number of amides is 1. The Labute approximate surface area is 167 Å². The van der Waals surface area contributed by atoms with E-state index < -0.39 is 0 Å². The predicted molar refractivity (Wildman–Crippen MR) is 117 cm³/mol. The van der Waals surface area contributed by atoms with Crippen LogP contribution in [-0.2, 0) is 11.2 Å². The Kier molecular flexibility index (Phi) is 5.43. The second-order valence-corrected chi connectivity index (χ2v) is 7.40. The SMILES string of the molecule is CN(C(=O)Cc1ccc(-c2ccccc2)cc1)c1ccc(N2CCCC2)cc1. The van der Waals surface area contributed by atoms with Crippen LogP contribution in [0.4, 0.5) is 11.4 Å². The van der Waals surface area contributed by atoms with E-state index in [0.717, 1.165) is 24.3 Å². The van der Waals surface area contributed by atoms with Crippen molar-refractivity contribution in [1.82, 2.24) is 0 Å². The molecule has 1 heterocycles. The van der Waals surface area contributed by atoms with Crippen molar-refractivity contribution in [3.05, 3.63) is 84.4 Å². The second kappa shape index (κ2) is 8.30. The van der Waals surface area contributed by atoms with E-state index in [2.05, 4.69) is 41.3 Å². The summed E-state index contributed by atoms with van der Waals surface area (Å²) in [6.07, 6.45) is 2.94. The first-order valence-corrected chi connectivity index (χ1v) is 9.97. The zero-order valence-electron chi connectivity index (χ0n) is 16.3. The van der Waals surface area contributed by atoms with Gasteiger partial charge in [-0.15, -0.1) is 0 Å². The van der Waals surface area contributed by atoms with Gasteiger partial charge in [0.15, 0.2) is 0 Å². The third kappa shape index (κ3) is 4.09. The molecule has 0 N–H and O–H groups in total. The van der Waals surface area contributed by atoms with Crippen LogP contribution in [0.3, 0.4) is 0 Å². The number of likely N-dealkylation sites (N-methyl/N-ethyl adjacent to an activating group) is 1. The van der Waals surface area contributed by atoms with Crippen molar-refractivity contribution in [2.24, 2.45) is 0 Å². The lowest BCUT2D eigenvalue weighted by molar-refractivity contribution is -0.117. The number of nitrogens with zero attached hydrogens (tertiary/aromatic N) is 2. The molecule has 3 nitrogen and oxygen atoms in total. The molecule has 3 aromatic carbocycles. The summed E-state index contributed by atoms with van der Waals surface area (Å²) in [5, 5.41) is 0. The summed E-state index contributed by atoms with van der Waals surface area (Å²) in [6, 6.07) is 26.9. The van der Waals surface area contributed by atoms with Crippen LogP contribution < -0.4 is 9.80 Å². The van der Waals surface area contributed by atoms with Crippen LogP contribution in [0.1, 0.15) is 18.4 Å². The van der Waals surface area contributed by atoms with Crippen molar-refractivity contribution in [2.75, 3.05) is 29.9 Å². The molecule has 0 aliphatic carbocycles. The highest BCUT2D eigenvalue weighted by Crippen LogP contribution is 2.24. The van der Waals surface area contributed by atoms with Crippen molar-refractivity contribution in [3.8, 4) is 11.1 Å². The van der Waals surface area contributed by atoms with E-state index in [9.17, 15) is 4.79 Å². The monoisotopic (exact) mass is 370 g/mol. The molecule has 1 fully saturated rings. The molecule has 0 radical (unpaired) electrons. The highest BCUT2D eigenvalue weighted by Gasteiger charge is 2.15. The Morgan fingerprint density at radius 2 is 1.43 bits per heavy atom. The number of anilines is 2. The maximum Gasteiger partial charge on any atom is 0.231 e. The van der Waals surface area contributed by atoms with E-state index in [1.807, 2.05) is 49.5 Å². The van der Waals surface area contributed by atoms with E-state index in [1.54, 1.807) is 4.90 Å². The first kappa shape index (κ1) is 18.3. The summed E-state index contributed by atoms with van der Waals surface area (Å²) in [5.74, 6) is 0.0985. The molecule has 0 bridgehead atoms. The molecule has 1 aliphatic heterocycles. The van der Waals surface area contributed by atoms with Gasteiger partial charge in [0.05, 0.1) is 6.42 Å². The highest BCUT2D eigenvalue weighted by molar-refractivity contribution is 5.94. The van der Waals surface area contributed by atoms with E-state index >= 15 is 0 Å². The molecule has 0 spiro atoms. The number of hydrogen-bond acceptors (Lipinski definition) is 2. The fraction of sp³-hybridized carbons (Fsp3) is 0.240. The zero-order chi connectivity index (χ0) is 19.3. The third-order valence-corrected chi connectivity index (χ3v) is 5.50. The minimum Gasteiger partial charge on any atom is -0.372 e. The Morgan fingerprint density at radius 3 is 2.07 bits per heavy atom. The minimum atomic E-state index is 0.0985. The molecule has 1 saturated heterocycles. The van der Waals surface area contributed by atoms with E-state index in [1.165, 1.54) is 29.7 Å². The lowest BCUT2D eigenvalue weighted by atomic mass is 10.0. The number of rotatable bonds is 5. The van der Waals surface area contributed by atoms with Gasteiger partial charge in [0.2, 0.25) is 5.91 Å².